The summed E-state index contributed by atoms with van der Waals surface area (Å²) in [5.41, 5.74) is 1.21. The van der Waals surface area contributed by atoms with Crippen LogP contribution >= 0.6 is 11.8 Å². The number of nitrogens with zero attached hydrogens (tertiary/aromatic N) is 1. The van der Waals surface area contributed by atoms with Crippen LogP contribution in [0.2, 0.25) is 0 Å². The topological polar surface area (TPSA) is 52.6 Å². The third-order valence-corrected chi connectivity index (χ3v) is 4.53. The van der Waals surface area contributed by atoms with Gasteiger partial charge in [0.15, 0.2) is 0 Å². The lowest BCUT2D eigenvalue weighted by atomic mass is 10.0. The maximum Gasteiger partial charge on any atom is 0.317 e. The Labute approximate surface area is 124 Å². The van der Waals surface area contributed by atoms with Crippen molar-refractivity contribution in [2.45, 2.75) is 30.7 Å². The molecule has 1 aromatic carbocycles. The average molecular weight is 294 g/mol. The Balaban J connectivity index is 2.04. The molecular formula is C15H22N2O2S. The number of aliphatic hydroxyl groups excluding tert-OH is 1. The molecule has 2 N–H and O–H groups in total. The molecule has 1 aromatic rings. The average Bonchev–Trinajstić information content (AvgIpc) is 2.47. The van der Waals surface area contributed by atoms with Gasteiger partial charge in [0.25, 0.3) is 0 Å². The Hall–Kier alpha value is -1.20. The molecular weight excluding hydrogens is 272 g/mol. The number of amides is 2. The lowest BCUT2D eigenvalue weighted by Crippen LogP contribution is -2.44. The van der Waals surface area contributed by atoms with Gasteiger partial charge in [-0.3, -0.25) is 0 Å². The first kappa shape index (κ1) is 15.2. The molecule has 1 heterocycles. The van der Waals surface area contributed by atoms with Crippen LogP contribution in [0.25, 0.3) is 0 Å². The summed E-state index contributed by atoms with van der Waals surface area (Å²) in [4.78, 5) is 15.2. The fourth-order valence-electron chi connectivity index (χ4n) is 2.44. The number of rotatable bonds is 5. The first-order chi connectivity index (χ1) is 9.76. The molecule has 1 unspecified atom stereocenters. The van der Waals surface area contributed by atoms with Crippen molar-refractivity contribution in [2.75, 3.05) is 25.4 Å². The molecule has 0 radical (unpaired) electrons. The van der Waals surface area contributed by atoms with Crippen LogP contribution in [0.15, 0.2) is 29.2 Å². The zero-order valence-corrected chi connectivity index (χ0v) is 12.7. The number of hydrogen-bond donors (Lipinski definition) is 2. The molecule has 4 nitrogen and oxygen atoms in total. The van der Waals surface area contributed by atoms with Crippen LogP contribution < -0.4 is 5.32 Å². The van der Waals surface area contributed by atoms with Crippen LogP contribution in [0.1, 0.15) is 31.4 Å². The van der Waals surface area contributed by atoms with E-state index >= 15 is 0 Å². The molecule has 0 aromatic heterocycles. The molecule has 1 aliphatic rings. The molecule has 0 bridgehead atoms. The molecule has 0 fully saturated rings. The number of thioether (sulfide) groups is 1. The van der Waals surface area contributed by atoms with Gasteiger partial charge in [-0.1, -0.05) is 25.1 Å². The quantitative estimate of drug-likeness (QED) is 0.878. The Kier molecular flexibility index (Phi) is 5.73. The van der Waals surface area contributed by atoms with E-state index in [1.54, 1.807) is 4.90 Å². The minimum atomic E-state index is -0.0763. The molecule has 2 amide bonds. The highest BCUT2D eigenvalue weighted by molar-refractivity contribution is 7.99. The summed E-state index contributed by atoms with van der Waals surface area (Å²) in [7, 11) is 0. The smallest absolute Gasteiger partial charge is 0.317 e. The van der Waals surface area contributed by atoms with Gasteiger partial charge in [0, 0.05) is 23.7 Å². The molecule has 110 valence electrons. The normalized spacial score (nSPS) is 17.4. The highest BCUT2D eigenvalue weighted by atomic mass is 32.2. The Morgan fingerprint density at radius 1 is 1.45 bits per heavy atom. The first-order valence-corrected chi connectivity index (χ1v) is 8.12. The number of benzene rings is 1. The molecule has 5 heteroatoms. The highest BCUT2D eigenvalue weighted by Crippen LogP contribution is 2.35. The van der Waals surface area contributed by atoms with E-state index in [1.807, 2.05) is 30.8 Å². The van der Waals surface area contributed by atoms with Gasteiger partial charge in [-0.15, -0.1) is 11.8 Å². The monoisotopic (exact) mass is 294 g/mol. The van der Waals surface area contributed by atoms with Crippen LogP contribution in [0, 0.1) is 0 Å². The number of nitrogens with one attached hydrogen (secondary N) is 1. The van der Waals surface area contributed by atoms with Gasteiger partial charge in [-0.25, -0.2) is 4.79 Å². The summed E-state index contributed by atoms with van der Waals surface area (Å²) in [6, 6.07) is 8.25. The number of urea groups is 1. The van der Waals surface area contributed by atoms with Crippen LogP contribution in [0.4, 0.5) is 4.79 Å². The van der Waals surface area contributed by atoms with Crippen molar-refractivity contribution < 1.29 is 9.90 Å². The zero-order chi connectivity index (χ0) is 14.4. The maximum absolute atomic E-state index is 12.3. The Morgan fingerprint density at radius 2 is 2.25 bits per heavy atom. The van der Waals surface area contributed by atoms with E-state index in [9.17, 15) is 4.79 Å². The molecule has 0 spiro atoms. The maximum atomic E-state index is 12.3. The van der Waals surface area contributed by atoms with Crippen LogP contribution in [-0.4, -0.2) is 41.5 Å². The van der Waals surface area contributed by atoms with E-state index in [2.05, 4.69) is 17.4 Å². The fourth-order valence-corrected chi connectivity index (χ4v) is 3.56. The number of hydrogen-bond acceptors (Lipinski definition) is 3. The predicted octanol–water partition coefficient (Wildman–Crippen LogP) is 2.64. The van der Waals surface area contributed by atoms with E-state index in [0.29, 0.717) is 13.1 Å². The third kappa shape index (κ3) is 3.67. The van der Waals surface area contributed by atoms with E-state index < -0.39 is 0 Å². The molecule has 0 saturated carbocycles. The highest BCUT2D eigenvalue weighted by Gasteiger charge is 2.23. The number of carbonyl (C=O) groups excluding carboxylic acids is 1. The summed E-state index contributed by atoms with van der Waals surface area (Å²) >= 11 is 1.84. The van der Waals surface area contributed by atoms with Crippen molar-refractivity contribution in [3.8, 4) is 0 Å². The van der Waals surface area contributed by atoms with Crippen molar-refractivity contribution in [2.24, 2.45) is 0 Å². The first-order valence-electron chi connectivity index (χ1n) is 7.14. The molecule has 20 heavy (non-hydrogen) atoms. The number of fused-ring (bicyclic) bond motifs is 1. The van der Waals surface area contributed by atoms with E-state index in [4.69, 9.17) is 5.11 Å². The number of aliphatic hydroxyl groups is 1. The van der Waals surface area contributed by atoms with Crippen molar-refractivity contribution in [1.82, 2.24) is 10.2 Å². The lowest BCUT2D eigenvalue weighted by Gasteiger charge is -2.29. The zero-order valence-electron chi connectivity index (χ0n) is 11.8. The summed E-state index contributed by atoms with van der Waals surface area (Å²) in [6.07, 6.45) is 1.84. The predicted molar refractivity (Wildman–Crippen MR) is 82.0 cm³/mol. The number of carbonyl (C=O) groups is 1. The minimum Gasteiger partial charge on any atom is -0.395 e. The Morgan fingerprint density at radius 3 is 3.00 bits per heavy atom. The molecule has 1 atom stereocenters. The molecule has 2 rings (SSSR count). The van der Waals surface area contributed by atoms with Gasteiger partial charge >= 0.3 is 6.03 Å². The van der Waals surface area contributed by atoms with Crippen LogP contribution in [-0.2, 0) is 0 Å². The van der Waals surface area contributed by atoms with Gasteiger partial charge in [-0.05, 0) is 24.5 Å². The van der Waals surface area contributed by atoms with Gasteiger partial charge in [-0.2, -0.15) is 0 Å². The SMILES string of the molecule is CCCN(CCO)C(=O)NC1CCSc2ccccc21. The molecule has 1 aliphatic heterocycles. The summed E-state index contributed by atoms with van der Waals surface area (Å²) in [5, 5.41) is 12.2. The second-order valence-electron chi connectivity index (χ2n) is 4.89. The van der Waals surface area contributed by atoms with Crippen LogP contribution in [0.3, 0.4) is 0 Å². The van der Waals surface area contributed by atoms with Gasteiger partial charge in [0.05, 0.1) is 12.6 Å². The second kappa shape index (κ2) is 7.55. The van der Waals surface area contributed by atoms with Crippen molar-refractivity contribution in [1.29, 1.82) is 0 Å². The summed E-state index contributed by atoms with van der Waals surface area (Å²) in [6.45, 7) is 3.10. The minimum absolute atomic E-state index is 0.00449. The Bertz CT molecular complexity index is 447. The van der Waals surface area contributed by atoms with Gasteiger partial charge < -0.3 is 15.3 Å². The lowest BCUT2D eigenvalue weighted by molar-refractivity contribution is 0.173. The van der Waals surface area contributed by atoms with E-state index in [0.717, 1.165) is 18.6 Å². The van der Waals surface area contributed by atoms with Gasteiger partial charge in [0.1, 0.15) is 0 Å². The van der Waals surface area contributed by atoms with Crippen molar-refractivity contribution in [3.05, 3.63) is 29.8 Å². The van der Waals surface area contributed by atoms with Gasteiger partial charge in [0.2, 0.25) is 0 Å². The van der Waals surface area contributed by atoms with E-state index in [-0.39, 0.29) is 18.7 Å². The molecule has 0 saturated heterocycles. The third-order valence-electron chi connectivity index (χ3n) is 3.41. The fraction of sp³-hybridized carbons (Fsp3) is 0.533. The summed E-state index contributed by atoms with van der Waals surface area (Å²) < 4.78 is 0. The van der Waals surface area contributed by atoms with Crippen LogP contribution in [0.5, 0.6) is 0 Å². The standard InChI is InChI=1S/C15H22N2O2S/c1-2-8-17(9-10-18)15(19)16-13-7-11-20-14-6-4-3-5-12(13)14/h3-6,13,18H,2,7-11H2,1H3,(H,16,19). The summed E-state index contributed by atoms with van der Waals surface area (Å²) in [5.74, 6) is 1.02. The van der Waals surface area contributed by atoms with E-state index in [1.165, 1.54) is 10.5 Å². The van der Waals surface area contributed by atoms with Crippen molar-refractivity contribution >= 4 is 17.8 Å². The molecule has 0 aliphatic carbocycles. The van der Waals surface area contributed by atoms with Crippen molar-refractivity contribution in [3.63, 3.8) is 0 Å². The largest absolute Gasteiger partial charge is 0.395 e. The second-order valence-corrected chi connectivity index (χ2v) is 6.02.